The number of amides is 1. The summed E-state index contributed by atoms with van der Waals surface area (Å²) in [4.78, 5) is 11.6. The van der Waals surface area contributed by atoms with Crippen LogP contribution in [0.2, 0.25) is 0 Å². The number of para-hydroxylation sites is 2. The van der Waals surface area contributed by atoms with Gasteiger partial charge in [-0.15, -0.1) is 0 Å². The van der Waals surface area contributed by atoms with Gasteiger partial charge < -0.3 is 34.1 Å². The minimum Gasteiger partial charge on any atom is -0.493 e. The second-order valence-electron chi connectivity index (χ2n) is 6.82. The standard InChI is InChI=1S/C18H25NO7/c1-10(20)19-14-15(21)16-13(9-23-18(2,3)26-16)25-17(14)24-12-8-6-5-7-11(12)22-4/h5-8,13-17,21H,9H2,1-4H3,(H,19,20)/t13-,14+,15-,16+,17-/m1/s1. The van der Waals surface area contributed by atoms with Gasteiger partial charge in [-0.2, -0.15) is 0 Å². The van der Waals surface area contributed by atoms with Crippen LogP contribution in [0.5, 0.6) is 11.5 Å². The van der Waals surface area contributed by atoms with Crippen LogP contribution in [-0.2, 0) is 19.0 Å². The lowest BCUT2D eigenvalue weighted by Gasteiger charge is -2.49. The van der Waals surface area contributed by atoms with E-state index in [-0.39, 0.29) is 12.5 Å². The van der Waals surface area contributed by atoms with Crippen LogP contribution in [0, 0.1) is 0 Å². The number of carbonyl (C=O) groups excluding carboxylic acids is 1. The molecule has 2 N–H and O–H groups in total. The molecule has 0 unspecified atom stereocenters. The SMILES string of the molecule is COc1ccccc1O[C@@H]1O[C@@H]2COC(C)(C)O[C@@H]2[C@H](O)[C@@H]1NC(C)=O. The molecule has 8 heteroatoms. The third kappa shape index (κ3) is 3.93. The summed E-state index contributed by atoms with van der Waals surface area (Å²) in [6.45, 7) is 5.14. The third-order valence-electron chi connectivity index (χ3n) is 4.37. The number of hydrogen-bond acceptors (Lipinski definition) is 7. The largest absolute Gasteiger partial charge is 0.493 e. The van der Waals surface area contributed by atoms with Gasteiger partial charge in [0, 0.05) is 6.92 Å². The normalized spacial score (nSPS) is 33.0. The fourth-order valence-electron chi connectivity index (χ4n) is 3.17. The van der Waals surface area contributed by atoms with E-state index in [0.717, 1.165) is 0 Å². The molecule has 2 aliphatic heterocycles. The van der Waals surface area contributed by atoms with Gasteiger partial charge in [0.15, 0.2) is 17.3 Å². The predicted molar refractivity (Wildman–Crippen MR) is 90.8 cm³/mol. The van der Waals surface area contributed by atoms with Crippen LogP contribution in [0.4, 0.5) is 0 Å². The van der Waals surface area contributed by atoms with Crippen LogP contribution >= 0.6 is 0 Å². The van der Waals surface area contributed by atoms with Gasteiger partial charge >= 0.3 is 0 Å². The Balaban J connectivity index is 1.84. The monoisotopic (exact) mass is 367 g/mol. The van der Waals surface area contributed by atoms with Crippen molar-refractivity contribution in [2.45, 2.75) is 57.2 Å². The number of methoxy groups -OCH3 is 1. The molecule has 1 amide bonds. The van der Waals surface area contributed by atoms with E-state index in [9.17, 15) is 9.90 Å². The first kappa shape index (κ1) is 18.9. The fraction of sp³-hybridized carbons (Fsp3) is 0.611. The van der Waals surface area contributed by atoms with Crippen LogP contribution in [0.25, 0.3) is 0 Å². The summed E-state index contributed by atoms with van der Waals surface area (Å²) in [5.74, 6) is -0.190. The molecule has 0 spiro atoms. The quantitative estimate of drug-likeness (QED) is 0.813. The average Bonchev–Trinajstić information content (AvgIpc) is 2.59. The minimum atomic E-state index is -1.03. The molecule has 3 rings (SSSR count). The molecule has 0 radical (unpaired) electrons. The van der Waals surface area contributed by atoms with Crippen LogP contribution in [0.3, 0.4) is 0 Å². The Hall–Kier alpha value is -1.87. The van der Waals surface area contributed by atoms with Gasteiger partial charge in [-0.3, -0.25) is 4.79 Å². The average molecular weight is 367 g/mol. The van der Waals surface area contributed by atoms with E-state index in [2.05, 4.69) is 5.32 Å². The van der Waals surface area contributed by atoms with Crippen molar-refractivity contribution in [3.05, 3.63) is 24.3 Å². The molecule has 2 heterocycles. The molecule has 8 nitrogen and oxygen atoms in total. The Bertz CT molecular complexity index is 650. The maximum absolute atomic E-state index is 11.6. The highest BCUT2D eigenvalue weighted by Gasteiger charge is 2.52. The third-order valence-corrected chi connectivity index (χ3v) is 4.37. The van der Waals surface area contributed by atoms with Gasteiger partial charge in [-0.25, -0.2) is 0 Å². The summed E-state index contributed by atoms with van der Waals surface area (Å²) in [6.07, 6.45) is -3.13. The molecule has 0 saturated carbocycles. The first-order chi connectivity index (χ1) is 12.3. The van der Waals surface area contributed by atoms with Crippen molar-refractivity contribution < 1.29 is 33.6 Å². The van der Waals surface area contributed by atoms with E-state index < -0.39 is 36.4 Å². The highest BCUT2D eigenvalue weighted by molar-refractivity contribution is 5.73. The lowest BCUT2D eigenvalue weighted by molar-refractivity contribution is -0.361. The Morgan fingerprint density at radius 1 is 1.31 bits per heavy atom. The molecule has 2 fully saturated rings. The van der Waals surface area contributed by atoms with Crippen molar-refractivity contribution in [2.24, 2.45) is 0 Å². The van der Waals surface area contributed by atoms with Gasteiger partial charge in [0.25, 0.3) is 0 Å². The molecule has 144 valence electrons. The molecule has 2 aliphatic rings. The van der Waals surface area contributed by atoms with Crippen molar-refractivity contribution in [1.29, 1.82) is 0 Å². The summed E-state index contributed by atoms with van der Waals surface area (Å²) in [6, 6.07) is 6.27. The number of aliphatic hydroxyl groups excluding tert-OH is 1. The zero-order valence-corrected chi connectivity index (χ0v) is 15.3. The number of ether oxygens (including phenoxy) is 5. The van der Waals surface area contributed by atoms with Crippen molar-refractivity contribution in [1.82, 2.24) is 5.32 Å². The summed E-state index contributed by atoms with van der Waals surface area (Å²) >= 11 is 0. The number of nitrogens with one attached hydrogen (secondary N) is 1. The van der Waals surface area contributed by atoms with Crippen molar-refractivity contribution in [3.8, 4) is 11.5 Å². The molecular formula is C18H25NO7. The molecule has 0 bridgehead atoms. The topological polar surface area (TPSA) is 95.5 Å². The van der Waals surface area contributed by atoms with E-state index in [4.69, 9.17) is 23.7 Å². The van der Waals surface area contributed by atoms with Crippen molar-refractivity contribution >= 4 is 5.91 Å². The summed E-state index contributed by atoms with van der Waals surface area (Å²) in [7, 11) is 1.53. The first-order valence-electron chi connectivity index (χ1n) is 8.53. The van der Waals surface area contributed by atoms with E-state index in [1.807, 2.05) is 6.07 Å². The summed E-state index contributed by atoms with van der Waals surface area (Å²) < 4.78 is 28.6. The number of carbonyl (C=O) groups is 1. The molecule has 1 aromatic carbocycles. The van der Waals surface area contributed by atoms with Crippen molar-refractivity contribution in [3.63, 3.8) is 0 Å². The molecule has 5 atom stereocenters. The Morgan fingerprint density at radius 3 is 2.65 bits per heavy atom. The zero-order chi connectivity index (χ0) is 18.9. The van der Waals surface area contributed by atoms with Gasteiger partial charge in [0.1, 0.15) is 24.4 Å². The Morgan fingerprint density at radius 2 is 2.00 bits per heavy atom. The second kappa shape index (κ2) is 7.40. The molecule has 1 aromatic rings. The number of hydrogen-bond donors (Lipinski definition) is 2. The zero-order valence-electron chi connectivity index (χ0n) is 15.3. The molecule has 0 aromatic heterocycles. The van der Waals surface area contributed by atoms with Crippen LogP contribution in [0.1, 0.15) is 20.8 Å². The van der Waals surface area contributed by atoms with Crippen LogP contribution in [0.15, 0.2) is 24.3 Å². The molecule has 0 aliphatic carbocycles. The number of rotatable bonds is 4. The highest BCUT2D eigenvalue weighted by atomic mass is 16.8. The fourth-order valence-corrected chi connectivity index (χ4v) is 3.17. The van der Waals surface area contributed by atoms with Crippen LogP contribution < -0.4 is 14.8 Å². The predicted octanol–water partition coefficient (Wildman–Crippen LogP) is 0.816. The highest BCUT2D eigenvalue weighted by Crippen LogP contribution is 2.35. The molecular weight excluding hydrogens is 342 g/mol. The number of benzene rings is 1. The molecule has 26 heavy (non-hydrogen) atoms. The summed E-state index contributed by atoms with van der Waals surface area (Å²) in [5, 5.41) is 13.5. The Labute approximate surface area is 152 Å². The lowest BCUT2D eigenvalue weighted by Crippen LogP contribution is -2.69. The van der Waals surface area contributed by atoms with Gasteiger partial charge in [-0.05, 0) is 26.0 Å². The molecule has 2 saturated heterocycles. The smallest absolute Gasteiger partial charge is 0.223 e. The Kier molecular flexibility index (Phi) is 5.38. The first-order valence-corrected chi connectivity index (χ1v) is 8.53. The maximum atomic E-state index is 11.6. The van der Waals surface area contributed by atoms with Crippen LogP contribution in [-0.4, -0.2) is 61.2 Å². The van der Waals surface area contributed by atoms with E-state index in [1.54, 1.807) is 32.0 Å². The van der Waals surface area contributed by atoms with E-state index in [1.165, 1.54) is 14.0 Å². The number of fused-ring (bicyclic) bond motifs is 1. The summed E-state index contributed by atoms with van der Waals surface area (Å²) in [5.41, 5.74) is 0. The van der Waals surface area contributed by atoms with E-state index in [0.29, 0.717) is 11.5 Å². The van der Waals surface area contributed by atoms with E-state index >= 15 is 0 Å². The van der Waals surface area contributed by atoms with Gasteiger partial charge in [-0.1, -0.05) is 12.1 Å². The number of aliphatic hydroxyl groups is 1. The van der Waals surface area contributed by atoms with Crippen molar-refractivity contribution in [2.75, 3.05) is 13.7 Å². The second-order valence-corrected chi connectivity index (χ2v) is 6.82. The van der Waals surface area contributed by atoms with Gasteiger partial charge in [0.05, 0.1) is 13.7 Å². The maximum Gasteiger partial charge on any atom is 0.223 e. The minimum absolute atomic E-state index is 0.243. The lowest BCUT2D eigenvalue weighted by atomic mass is 9.95. The van der Waals surface area contributed by atoms with Gasteiger partial charge in [0.2, 0.25) is 12.2 Å².